The van der Waals surface area contributed by atoms with Gasteiger partial charge in [-0.25, -0.2) is 9.38 Å². The predicted octanol–water partition coefficient (Wildman–Crippen LogP) is 3.77. The lowest BCUT2D eigenvalue weighted by Gasteiger charge is -2.14. The van der Waals surface area contributed by atoms with Crippen LogP contribution in [0.15, 0.2) is 53.5 Å². The highest BCUT2D eigenvalue weighted by molar-refractivity contribution is 14.0. The van der Waals surface area contributed by atoms with Crippen molar-refractivity contribution in [2.45, 2.75) is 20.0 Å². The van der Waals surface area contributed by atoms with Crippen LogP contribution in [0.5, 0.6) is 0 Å². The summed E-state index contributed by atoms with van der Waals surface area (Å²) in [6.07, 6.45) is 0. The number of nitrogens with zero attached hydrogens (tertiary/aromatic N) is 2. The molecule has 0 unspecified atom stereocenters. The van der Waals surface area contributed by atoms with Gasteiger partial charge in [0.25, 0.3) is 0 Å². The van der Waals surface area contributed by atoms with Gasteiger partial charge in [-0.05, 0) is 30.7 Å². The van der Waals surface area contributed by atoms with E-state index in [1.807, 2.05) is 33.2 Å². The molecule has 0 aliphatic carbocycles. The Balaban J connectivity index is 0.00000312. The molecule has 2 aromatic rings. The largest absolute Gasteiger partial charge is 0.378 e. The molecule has 0 aliphatic heterocycles. The lowest BCUT2D eigenvalue weighted by Crippen LogP contribution is -2.37. The van der Waals surface area contributed by atoms with Crippen LogP contribution in [-0.4, -0.2) is 26.6 Å². The minimum absolute atomic E-state index is 0. The summed E-state index contributed by atoms with van der Waals surface area (Å²) in [7, 11) is 4.03. The molecule has 0 aromatic heterocycles. The van der Waals surface area contributed by atoms with Crippen molar-refractivity contribution in [3.63, 3.8) is 0 Å². The summed E-state index contributed by atoms with van der Waals surface area (Å²) in [5.41, 5.74) is 2.90. The maximum Gasteiger partial charge on any atom is 0.191 e. The van der Waals surface area contributed by atoms with Crippen LogP contribution in [0.3, 0.4) is 0 Å². The molecule has 0 fully saturated rings. The summed E-state index contributed by atoms with van der Waals surface area (Å²) in [5, 5.41) is 6.36. The molecule has 0 atom stereocenters. The number of benzene rings is 2. The van der Waals surface area contributed by atoms with Gasteiger partial charge in [0.05, 0.1) is 6.54 Å². The average molecular weight is 456 g/mol. The standard InChI is InChI=1S/C19H25FN4.HI/c1-4-21-19(23-14-16-9-5-6-11-18(16)20)22-13-15-8-7-10-17(12-15)24(2)3;/h5-12H,4,13-14H2,1-3H3,(H2,21,22,23);1H. The van der Waals surface area contributed by atoms with Gasteiger partial charge in [-0.15, -0.1) is 24.0 Å². The molecule has 2 N–H and O–H groups in total. The van der Waals surface area contributed by atoms with Crippen LogP contribution in [0.25, 0.3) is 0 Å². The smallest absolute Gasteiger partial charge is 0.191 e. The number of guanidine groups is 1. The van der Waals surface area contributed by atoms with Gasteiger partial charge in [-0.2, -0.15) is 0 Å². The molecule has 2 rings (SSSR count). The lowest BCUT2D eigenvalue weighted by atomic mass is 10.2. The van der Waals surface area contributed by atoms with Crippen molar-refractivity contribution < 1.29 is 4.39 Å². The Hall–Kier alpha value is -1.83. The first-order chi connectivity index (χ1) is 11.6. The monoisotopic (exact) mass is 456 g/mol. The van der Waals surface area contributed by atoms with Gasteiger partial charge >= 0.3 is 0 Å². The Labute approximate surface area is 166 Å². The zero-order chi connectivity index (χ0) is 17.4. The van der Waals surface area contributed by atoms with Gasteiger partial charge < -0.3 is 15.5 Å². The summed E-state index contributed by atoms with van der Waals surface area (Å²) in [6.45, 7) is 3.72. The van der Waals surface area contributed by atoms with Crippen LogP contribution in [-0.2, 0) is 13.1 Å². The number of nitrogens with one attached hydrogen (secondary N) is 2. The van der Waals surface area contributed by atoms with Crippen molar-refractivity contribution in [3.05, 3.63) is 65.5 Å². The third kappa shape index (κ3) is 6.89. The lowest BCUT2D eigenvalue weighted by molar-refractivity contribution is 0.604. The van der Waals surface area contributed by atoms with Gasteiger partial charge in [0, 0.05) is 38.4 Å². The van der Waals surface area contributed by atoms with Crippen LogP contribution in [0, 0.1) is 5.82 Å². The fraction of sp³-hybridized carbons (Fsp3) is 0.316. The summed E-state index contributed by atoms with van der Waals surface area (Å²) in [5.74, 6) is 0.468. The third-order valence-electron chi connectivity index (χ3n) is 3.60. The van der Waals surface area contributed by atoms with E-state index in [0.29, 0.717) is 24.6 Å². The minimum Gasteiger partial charge on any atom is -0.378 e. The molecule has 25 heavy (non-hydrogen) atoms. The number of rotatable bonds is 6. The number of hydrogen-bond acceptors (Lipinski definition) is 2. The molecule has 2 aromatic carbocycles. The zero-order valence-electron chi connectivity index (χ0n) is 14.9. The van der Waals surface area contributed by atoms with Crippen molar-refractivity contribution in [3.8, 4) is 0 Å². The molecule has 0 heterocycles. The van der Waals surface area contributed by atoms with E-state index in [1.165, 1.54) is 6.07 Å². The third-order valence-corrected chi connectivity index (χ3v) is 3.60. The van der Waals surface area contributed by atoms with Crippen LogP contribution in [0.2, 0.25) is 0 Å². The second kappa shape index (κ2) is 10.9. The maximum atomic E-state index is 13.7. The van der Waals surface area contributed by atoms with Crippen LogP contribution >= 0.6 is 24.0 Å². The van der Waals surface area contributed by atoms with E-state index in [4.69, 9.17) is 0 Å². The first kappa shape index (κ1) is 21.2. The summed E-state index contributed by atoms with van der Waals surface area (Å²) < 4.78 is 13.7. The Morgan fingerprint density at radius 1 is 1.08 bits per heavy atom. The SMILES string of the molecule is CCNC(=NCc1cccc(N(C)C)c1)NCc1ccccc1F.I. The molecular weight excluding hydrogens is 430 g/mol. The highest BCUT2D eigenvalue weighted by Gasteiger charge is 2.03. The highest BCUT2D eigenvalue weighted by atomic mass is 127. The minimum atomic E-state index is -0.209. The Morgan fingerprint density at radius 3 is 2.52 bits per heavy atom. The fourth-order valence-electron chi connectivity index (χ4n) is 2.27. The van der Waals surface area contributed by atoms with Gasteiger partial charge in [0.1, 0.15) is 5.82 Å². The van der Waals surface area contributed by atoms with Crippen molar-refractivity contribution >= 4 is 35.6 Å². The molecule has 0 saturated carbocycles. The molecular formula is C19H26FIN4. The molecule has 4 nitrogen and oxygen atoms in total. The summed E-state index contributed by atoms with van der Waals surface area (Å²) >= 11 is 0. The van der Waals surface area contributed by atoms with Crippen molar-refractivity contribution in [2.24, 2.45) is 4.99 Å². The molecule has 0 saturated heterocycles. The normalized spacial score (nSPS) is 10.8. The van der Waals surface area contributed by atoms with E-state index in [2.05, 4.69) is 38.7 Å². The number of hydrogen-bond donors (Lipinski definition) is 2. The van der Waals surface area contributed by atoms with E-state index in [9.17, 15) is 4.39 Å². The first-order valence-corrected chi connectivity index (χ1v) is 8.12. The second-order valence-electron chi connectivity index (χ2n) is 5.70. The topological polar surface area (TPSA) is 39.7 Å². The Bertz CT molecular complexity index is 689. The molecule has 0 spiro atoms. The molecule has 0 radical (unpaired) electrons. The van der Waals surface area contributed by atoms with E-state index in [0.717, 1.165) is 17.8 Å². The number of halogens is 2. The maximum absolute atomic E-state index is 13.7. The van der Waals surface area contributed by atoms with Gasteiger partial charge in [0.2, 0.25) is 0 Å². The number of anilines is 1. The molecule has 0 bridgehead atoms. The average Bonchev–Trinajstić information content (AvgIpc) is 2.59. The Kier molecular flexibility index (Phi) is 9.26. The molecule has 0 aliphatic rings. The fourth-order valence-corrected chi connectivity index (χ4v) is 2.27. The van der Waals surface area contributed by atoms with E-state index in [-0.39, 0.29) is 29.8 Å². The van der Waals surface area contributed by atoms with Gasteiger partial charge in [0.15, 0.2) is 5.96 Å². The summed E-state index contributed by atoms with van der Waals surface area (Å²) in [4.78, 5) is 6.65. The van der Waals surface area contributed by atoms with E-state index >= 15 is 0 Å². The van der Waals surface area contributed by atoms with Crippen molar-refractivity contribution in [2.75, 3.05) is 25.5 Å². The van der Waals surface area contributed by atoms with Crippen LogP contribution in [0.4, 0.5) is 10.1 Å². The zero-order valence-corrected chi connectivity index (χ0v) is 17.3. The first-order valence-electron chi connectivity index (χ1n) is 8.12. The van der Waals surface area contributed by atoms with Crippen molar-refractivity contribution in [1.82, 2.24) is 10.6 Å². The van der Waals surface area contributed by atoms with Gasteiger partial charge in [-0.1, -0.05) is 30.3 Å². The van der Waals surface area contributed by atoms with E-state index < -0.39 is 0 Å². The quantitative estimate of drug-likeness (QED) is 0.395. The van der Waals surface area contributed by atoms with E-state index in [1.54, 1.807) is 12.1 Å². The van der Waals surface area contributed by atoms with Gasteiger partial charge in [-0.3, -0.25) is 0 Å². The van der Waals surface area contributed by atoms with Crippen LogP contribution in [0.1, 0.15) is 18.1 Å². The second-order valence-corrected chi connectivity index (χ2v) is 5.70. The van der Waals surface area contributed by atoms with Crippen LogP contribution < -0.4 is 15.5 Å². The summed E-state index contributed by atoms with van der Waals surface area (Å²) in [6, 6.07) is 15.0. The molecule has 136 valence electrons. The van der Waals surface area contributed by atoms with Crippen molar-refractivity contribution in [1.29, 1.82) is 0 Å². The Morgan fingerprint density at radius 2 is 1.84 bits per heavy atom. The predicted molar refractivity (Wildman–Crippen MR) is 114 cm³/mol. The number of aliphatic imine (C=N–C) groups is 1. The molecule has 6 heteroatoms. The highest BCUT2D eigenvalue weighted by Crippen LogP contribution is 2.14. The molecule has 0 amide bonds.